The molecule has 3 N–H and O–H groups in total. The van der Waals surface area contributed by atoms with Crippen LogP contribution in [0.25, 0.3) is 11.3 Å². The van der Waals surface area contributed by atoms with Crippen LogP contribution in [0.4, 0.5) is 0 Å². The molecule has 6 heteroatoms. The van der Waals surface area contributed by atoms with Crippen molar-refractivity contribution in [3.05, 3.63) is 58.4 Å². The van der Waals surface area contributed by atoms with E-state index in [-0.39, 0.29) is 17.0 Å². The molecule has 1 saturated heterocycles. The summed E-state index contributed by atoms with van der Waals surface area (Å²) < 4.78 is 0. The van der Waals surface area contributed by atoms with Crippen LogP contribution in [0.3, 0.4) is 0 Å². The number of amides is 1. The van der Waals surface area contributed by atoms with E-state index < -0.39 is 0 Å². The van der Waals surface area contributed by atoms with Gasteiger partial charge in [0.2, 0.25) is 0 Å². The van der Waals surface area contributed by atoms with Gasteiger partial charge in [-0.1, -0.05) is 30.3 Å². The molecule has 126 valence electrons. The summed E-state index contributed by atoms with van der Waals surface area (Å²) in [6.45, 7) is 5.28. The van der Waals surface area contributed by atoms with E-state index in [4.69, 9.17) is 0 Å². The third kappa shape index (κ3) is 4.10. The number of aromatic amines is 1. The van der Waals surface area contributed by atoms with Crippen molar-refractivity contribution < 1.29 is 4.79 Å². The minimum absolute atomic E-state index is 0.148. The zero-order valence-corrected chi connectivity index (χ0v) is 13.5. The maximum Gasteiger partial charge on any atom is 0.261 e. The second kappa shape index (κ2) is 7.90. The summed E-state index contributed by atoms with van der Waals surface area (Å²) in [6, 6.07) is 12.9. The van der Waals surface area contributed by atoms with Crippen LogP contribution >= 0.6 is 0 Å². The van der Waals surface area contributed by atoms with E-state index in [1.54, 1.807) is 12.1 Å². The van der Waals surface area contributed by atoms with Crippen molar-refractivity contribution in [2.24, 2.45) is 0 Å². The van der Waals surface area contributed by atoms with Gasteiger partial charge in [0.1, 0.15) is 5.56 Å². The molecule has 1 aromatic heterocycles. The van der Waals surface area contributed by atoms with Crippen LogP contribution in [0.5, 0.6) is 0 Å². The topological polar surface area (TPSA) is 77.2 Å². The fraction of sp³-hybridized carbons (Fsp3) is 0.333. The molecule has 0 aliphatic carbocycles. The van der Waals surface area contributed by atoms with E-state index in [2.05, 4.69) is 20.5 Å². The molecule has 0 unspecified atom stereocenters. The maximum atomic E-state index is 12.2. The molecule has 0 radical (unpaired) electrons. The lowest BCUT2D eigenvalue weighted by Crippen LogP contribution is -2.46. The number of pyridine rings is 1. The van der Waals surface area contributed by atoms with Crippen LogP contribution < -0.4 is 16.2 Å². The van der Waals surface area contributed by atoms with Crippen molar-refractivity contribution in [1.82, 2.24) is 20.5 Å². The molecule has 6 nitrogen and oxygen atoms in total. The van der Waals surface area contributed by atoms with E-state index in [9.17, 15) is 9.59 Å². The van der Waals surface area contributed by atoms with Crippen LogP contribution in [0.2, 0.25) is 0 Å². The number of nitrogens with zero attached hydrogens (tertiary/aromatic N) is 1. The monoisotopic (exact) mass is 326 g/mol. The first-order chi connectivity index (χ1) is 11.7. The predicted molar refractivity (Wildman–Crippen MR) is 94.1 cm³/mol. The molecule has 1 fully saturated rings. The zero-order valence-electron chi connectivity index (χ0n) is 13.5. The Bertz CT molecular complexity index is 736. The summed E-state index contributed by atoms with van der Waals surface area (Å²) in [7, 11) is 0. The minimum Gasteiger partial charge on any atom is -0.351 e. The molecule has 2 heterocycles. The van der Waals surface area contributed by atoms with Gasteiger partial charge in [-0.05, 0) is 17.7 Å². The average molecular weight is 326 g/mol. The van der Waals surface area contributed by atoms with Crippen LogP contribution in [0, 0.1) is 0 Å². The molecule has 1 aromatic carbocycles. The second-order valence-electron chi connectivity index (χ2n) is 5.83. The van der Waals surface area contributed by atoms with Gasteiger partial charge in [0.25, 0.3) is 11.5 Å². The van der Waals surface area contributed by atoms with Gasteiger partial charge in [-0.3, -0.25) is 14.5 Å². The Morgan fingerprint density at radius 2 is 1.83 bits per heavy atom. The van der Waals surface area contributed by atoms with Crippen molar-refractivity contribution >= 4 is 5.91 Å². The first-order valence-corrected chi connectivity index (χ1v) is 8.24. The summed E-state index contributed by atoms with van der Waals surface area (Å²) in [5.41, 5.74) is 1.41. The maximum absolute atomic E-state index is 12.2. The highest BCUT2D eigenvalue weighted by atomic mass is 16.2. The van der Waals surface area contributed by atoms with Crippen LogP contribution in [0.1, 0.15) is 10.4 Å². The molecule has 0 bridgehead atoms. The number of aromatic nitrogens is 1. The van der Waals surface area contributed by atoms with E-state index in [1.807, 2.05) is 30.3 Å². The van der Waals surface area contributed by atoms with E-state index in [0.29, 0.717) is 12.2 Å². The highest BCUT2D eigenvalue weighted by Crippen LogP contribution is 2.14. The van der Waals surface area contributed by atoms with Gasteiger partial charge in [0.05, 0.1) is 0 Å². The van der Waals surface area contributed by atoms with Gasteiger partial charge < -0.3 is 15.6 Å². The number of carbonyl (C=O) groups excluding carboxylic acids is 1. The van der Waals surface area contributed by atoms with Crippen molar-refractivity contribution in [1.29, 1.82) is 0 Å². The Morgan fingerprint density at radius 1 is 1.08 bits per heavy atom. The summed E-state index contributed by atoms with van der Waals surface area (Å²) in [5.74, 6) is -0.328. The van der Waals surface area contributed by atoms with Crippen molar-refractivity contribution in [2.45, 2.75) is 0 Å². The molecule has 0 saturated carbocycles. The van der Waals surface area contributed by atoms with Gasteiger partial charge in [-0.25, -0.2) is 0 Å². The normalized spacial score (nSPS) is 15.2. The third-order valence-corrected chi connectivity index (χ3v) is 4.16. The highest BCUT2D eigenvalue weighted by molar-refractivity contribution is 5.94. The van der Waals surface area contributed by atoms with E-state index >= 15 is 0 Å². The summed E-state index contributed by atoms with van der Waals surface area (Å²) in [4.78, 5) is 29.4. The highest BCUT2D eigenvalue weighted by Gasteiger charge is 2.13. The first kappa shape index (κ1) is 16.4. The Balaban J connectivity index is 1.59. The van der Waals surface area contributed by atoms with Crippen molar-refractivity contribution in [2.75, 3.05) is 39.3 Å². The van der Waals surface area contributed by atoms with Gasteiger partial charge in [-0.2, -0.15) is 0 Å². The number of carbonyl (C=O) groups is 1. The minimum atomic E-state index is -0.365. The second-order valence-corrected chi connectivity index (χ2v) is 5.83. The van der Waals surface area contributed by atoms with Gasteiger partial charge in [0.15, 0.2) is 0 Å². The number of hydrogen-bond acceptors (Lipinski definition) is 4. The Morgan fingerprint density at radius 3 is 2.54 bits per heavy atom. The molecule has 24 heavy (non-hydrogen) atoms. The fourth-order valence-electron chi connectivity index (χ4n) is 2.80. The number of nitrogens with one attached hydrogen (secondary N) is 3. The molecule has 2 aromatic rings. The lowest BCUT2D eigenvalue weighted by atomic mass is 10.1. The molecule has 3 rings (SSSR count). The summed E-state index contributed by atoms with van der Waals surface area (Å²) in [6.07, 6.45) is 0. The quantitative estimate of drug-likeness (QED) is 0.755. The number of hydrogen-bond donors (Lipinski definition) is 3. The predicted octanol–water partition coefficient (Wildman–Crippen LogP) is 0.677. The van der Waals surface area contributed by atoms with Gasteiger partial charge in [-0.15, -0.1) is 0 Å². The Kier molecular flexibility index (Phi) is 5.40. The lowest BCUT2D eigenvalue weighted by molar-refractivity contribution is 0.0946. The molecule has 1 amide bonds. The molecule has 1 aliphatic heterocycles. The third-order valence-electron chi connectivity index (χ3n) is 4.16. The summed E-state index contributed by atoms with van der Waals surface area (Å²) >= 11 is 0. The SMILES string of the molecule is O=C(NCCN1CCNCC1)c1ccc(-c2ccccc2)[nH]c1=O. The number of rotatable bonds is 5. The molecule has 0 spiro atoms. The average Bonchev–Trinajstić information content (AvgIpc) is 2.63. The fourth-order valence-corrected chi connectivity index (χ4v) is 2.80. The van der Waals surface area contributed by atoms with Crippen LogP contribution in [-0.2, 0) is 0 Å². The molecular weight excluding hydrogens is 304 g/mol. The number of benzene rings is 1. The van der Waals surface area contributed by atoms with Crippen molar-refractivity contribution in [3.8, 4) is 11.3 Å². The standard InChI is InChI=1S/C18H22N4O2/c23-17(20-10-13-22-11-8-19-9-12-22)15-6-7-16(21-18(15)24)14-4-2-1-3-5-14/h1-7,19H,8-13H2,(H,20,23)(H,21,24). The van der Waals surface area contributed by atoms with Gasteiger partial charge >= 0.3 is 0 Å². The van der Waals surface area contributed by atoms with Crippen LogP contribution in [-0.4, -0.2) is 55.1 Å². The molecule has 0 atom stereocenters. The van der Waals surface area contributed by atoms with Crippen LogP contribution in [0.15, 0.2) is 47.3 Å². The Hall–Kier alpha value is -2.44. The van der Waals surface area contributed by atoms with Crippen molar-refractivity contribution in [3.63, 3.8) is 0 Å². The smallest absolute Gasteiger partial charge is 0.261 e. The lowest BCUT2D eigenvalue weighted by Gasteiger charge is -2.27. The largest absolute Gasteiger partial charge is 0.351 e. The number of piperazine rings is 1. The molecule has 1 aliphatic rings. The van der Waals surface area contributed by atoms with E-state index in [0.717, 1.165) is 38.3 Å². The van der Waals surface area contributed by atoms with Gasteiger partial charge in [0, 0.05) is 45.0 Å². The first-order valence-electron chi connectivity index (χ1n) is 8.24. The Labute approximate surface area is 140 Å². The molecular formula is C18H22N4O2. The van der Waals surface area contributed by atoms with E-state index in [1.165, 1.54) is 0 Å². The summed E-state index contributed by atoms with van der Waals surface area (Å²) in [5, 5.41) is 6.12. The zero-order chi connectivity index (χ0) is 16.8. The number of H-pyrrole nitrogens is 1.